The number of nitrogens with one attached hydrogen (secondary N) is 1. The van der Waals surface area contributed by atoms with Crippen LogP contribution in [0.2, 0.25) is 0 Å². The summed E-state index contributed by atoms with van der Waals surface area (Å²) in [5.41, 5.74) is 2.39. The summed E-state index contributed by atoms with van der Waals surface area (Å²) in [4.78, 5) is 16.4. The van der Waals surface area contributed by atoms with Crippen LogP contribution in [0.25, 0.3) is 11.0 Å². The number of hydrogen-bond acceptors (Lipinski definition) is 3. The van der Waals surface area contributed by atoms with Crippen molar-refractivity contribution in [2.45, 2.75) is 142 Å². The first kappa shape index (κ1) is 32.3. The Bertz CT molecular complexity index is 848. The van der Waals surface area contributed by atoms with Gasteiger partial charge in [-0.15, -0.1) is 0 Å². The van der Waals surface area contributed by atoms with Crippen LogP contribution < -0.4 is 5.32 Å². The number of aryl methyl sites for hydroxylation is 2. The number of carbonyl (C=O) groups excluding carboxylic acids is 1. The standard InChI is InChI=1S/C33H57N3O2/c1-3-4-5-6-7-8-9-10-11-12-13-14-15-16-17-23-28-36-31-25-21-20-24-30(31)35-32(36)26-19-18-22-27-34-33(37)29-38-2/h20-21,24-25H,3-19,22-23,26-29H2,1-2H3,(H,34,37). The van der Waals surface area contributed by atoms with E-state index in [1.54, 1.807) is 7.11 Å². The molecule has 0 unspecified atom stereocenters. The Morgan fingerprint density at radius 1 is 0.763 bits per heavy atom. The van der Waals surface area contributed by atoms with E-state index in [1.165, 1.54) is 114 Å². The summed E-state index contributed by atoms with van der Waals surface area (Å²) in [6.45, 7) is 4.23. The lowest BCUT2D eigenvalue weighted by Gasteiger charge is -2.10. The lowest BCUT2D eigenvalue weighted by atomic mass is 10.0. The van der Waals surface area contributed by atoms with Gasteiger partial charge in [0.25, 0.3) is 0 Å². The molecule has 1 aromatic carbocycles. The Balaban J connectivity index is 1.54. The molecular formula is C33H57N3O2. The van der Waals surface area contributed by atoms with Gasteiger partial charge in [-0.05, 0) is 31.4 Å². The molecular weight excluding hydrogens is 470 g/mol. The zero-order chi connectivity index (χ0) is 27.1. The number of methoxy groups -OCH3 is 1. The van der Waals surface area contributed by atoms with Crippen LogP contribution in [-0.4, -0.2) is 35.7 Å². The molecule has 0 saturated carbocycles. The van der Waals surface area contributed by atoms with Crippen molar-refractivity contribution in [3.63, 3.8) is 0 Å². The first-order valence-corrected chi connectivity index (χ1v) is 16.0. The highest BCUT2D eigenvalue weighted by molar-refractivity contribution is 5.77. The summed E-state index contributed by atoms with van der Waals surface area (Å²) in [6.07, 6.45) is 26.6. The van der Waals surface area contributed by atoms with E-state index in [0.717, 1.165) is 44.3 Å². The number of imidazole rings is 1. The van der Waals surface area contributed by atoms with Gasteiger partial charge >= 0.3 is 0 Å². The Morgan fingerprint density at radius 2 is 1.32 bits per heavy atom. The second kappa shape index (κ2) is 22.0. The number of benzene rings is 1. The fourth-order valence-electron chi connectivity index (χ4n) is 5.38. The third-order valence-electron chi connectivity index (χ3n) is 7.64. The van der Waals surface area contributed by atoms with Gasteiger partial charge in [-0.2, -0.15) is 0 Å². The van der Waals surface area contributed by atoms with E-state index < -0.39 is 0 Å². The Kier molecular flexibility index (Phi) is 18.7. The van der Waals surface area contributed by atoms with Crippen molar-refractivity contribution in [3.8, 4) is 0 Å². The van der Waals surface area contributed by atoms with E-state index in [9.17, 15) is 4.79 Å². The number of amides is 1. The molecule has 1 aromatic heterocycles. The van der Waals surface area contributed by atoms with E-state index in [4.69, 9.17) is 9.72 Å². The highest BCUT2D eigenvalue weighted by Gasteiger charge is 2.10. The maximum absolute atomic E-state index is 11.5. The summed E-state index contributed by atoms with van der Waals surface area (Å²) in [5, 5.41) is 2.90. The van der Waals surface area contributed by atoms with Gasteiger partial charge in [-0.1, -0.05) is 122 Å². The largest absolute Gasteiger partial charge is 0.375 e. The molecule has 0 atom stereocenters. The lowest BCUT2D eigenvalue weighted by Crippen LogP contribution is -2.27. The molecule has 1 N–H and O–H groups in total. The molecule has 0 fully saturated rings. The second-order valence-corrected chi connectivity index (χ2v) is 11.1. The molecule has 5 heteroatoms. The average molecular weight is 528 g/mol. The van der Waals surface area contributed by atoms with Crippen LogP contribution in [-0.2, 0) is 22.5 Å². The summed E-state index contributed by atoms with van der Waals surface area (Å²) in [5.74, 6) is 1.18. The fourth-order valence-corrected chi connectivity index (χ4v) is 5.38. The van der Waals surface area contributed by atoms with Gasteiger partial charge in [-0.25, -0.2) is 4.98 Å². The van der Waals surface area contributed by atoms with Crippen molar-refractivity contribution in [2.24, 2.45) is 0 Å². The third kappa shape index (κ3) is 14.3. The smallest absolute Gasteiger partial charge is 0.245 e. The summed E-state index contributed by atoms with van der Waals surface area (Å²) in [7, 11) is 1.55. The van der Waals surface area contributed by atoms with Gasteiger partial charge in [0.2, 0.25) is 5.91 Å². The normalized spacial score (nSPS) is 11.4. The zero-order valence-corrected chi connectivity index (χ0v) is 24.8. The minimum atomic E-state index is -0.0342. The number of aromatic nitrogens is 2. The molecule has 0 radical (unpaired) electrons. The van der Waals surface area contributed by atoms with Crippen molar-refractivity contribution in [2.75, 3.05) is 20.3 Å². The lowest BCUT2D eigenvalue weighted by molar-refractivity contribution is -0.124. The Hall–Kier alpha value is -1.88. The minimum Gasteiger partial charge on any atom is -0.375 e. The molecule has 0 spiro atoms. The highest BCUT2D eigenvalue weighted by atomic mass is 16.5. The monoisotopic (exact) mass is 527 g/mol. The number of carbonyl (C=O) groups is 1. The fraction of sp³-hybridized carbons (Fsp3) is 0.758. The van der Waals surface area contributed by atoms with Crippen LogP contribution in [0.4, 0.5) is 0 Å². The molecule has 216 valence electrons. The van der Waals surface area contributed by atoms with E-state index in [2.05, 4.69) is 41.1 Å². The summed E-state index contributed by atoms with van der Waals surface area (Å²) >= 11 is 0. The van der Waals surface area contributed by atoms with Crippen LogP contribution in [0.15, 0.2) is 24.3 Å². The quantitative estimate of drug-likeness (QED) is 0.131. The van der Waals surface area contributed by atoms with Crippen LogP contribution >= 0.6 is 0 Å². The van der Waals surface area contributed by atoms with Crippen molar-refractivity contribution in [3.05, 3.63) is 30.1 Å². The minimum absolute atomic E-state index is 0.0342. The summed E-state index contributed by atoms with van der Waals surface area (Å²) < 4.78 is 7.31. The van der Waals surface area contributed by atoms with E-state index in [-0.39, 0.29) is 12.5 Å². The number of fused-ring (bicyclic) bond motifs is 1. The predicted octanol–water partition coefficient (Wildman–Crippen LogP) is 8.77. The van der Waals surface area contributed by atoms with E-state index in [1.807, 2.05) is 0 Å². The van der Waals surface area contributed by atoms with Gasteiger partial charge in [-0.3, -0.25) is 4.79 Å². The predicted molar refractivity (Wildman–Crippen MR) is 162 cm³/mol. The van der Waals surface area contributed by atoms with Gasteiger partial charge in [0.1, 0.15) is 12.4 Å². The van der Waals surface area contributed by atoms with Crippen molar-refractivity contribution in [1.29, 1.82) is 0 Å². The first-order chi connectivity index (χ1) is 18.8. The van der Waals surface area contributed by atoms with Gasteiger partial charge in [0.05, 0.1) is 11.0 Å². The molecule has 2 rings (SSSR count). The van der Waals surface area contributed by atoms with Crippen molar-refractivity contribution < 1.29 is 9.53 Å². The molecule has 0 aliphatic rings. The average Bonchev–Trinajstić information content (AvgIpc) is 3.27. The zero-order valence-electron chi connectivity index (χ0n) is 24.8. The maximum atomic E-state index is 11.5. The molecule has 0 aliphatic carbocycles. The number of rotatable bonds is 25. The van der Waals surface area contributed by atoms with Crippen LogP contribution in [0.3, 0.4) is 0 Å². The SMILES string of the molecule is CCCCCCCCCCCCCCCCCCn1c(CCCCCNC(=O)COC)nc2ccccc21. The summed E-state index contributed by atoms with van der Waals surface area (Å²) in [6, 6.07) is 8.55. The van der Waals surface area contributed by atoms with Gasteiger partial charge in [0, 0.05) is 26.6 Å². The first-order valence-electron chi connectivity index (χ1n) is 16.0. The number of hydrogen-bond donors (Lipinski definition) is 1. The topological polar surface area (TPSA) is 56.2 Å². The molecule has 0 bridgehead atoms. The van der Waals surface area contributed by atoms with Crippen LogP contribution in [0.5, 0.6) is 0 Å². The van der Waals surface area contributed by atoms with E-state index >= 15 is 0 Å². The van der Waals surface area contributed by atoms with Crippen molar-refractivity contribution >= 4 is 16.9 Å². The van der Waals surface area contributed by atoms with Crippen LogP contribution in [0, 0.1) is 0 Å². The Labute approximate surface area is 233 Å². The van der Waals surface area contributed by atoms with Gasteiger partial charge in [0.15, 0.2) is 0 Å². The highest BCUT2D eigenvalue weighted by Crippen LogP contribution is 2.20. The Morgan fingerprint density at radius 3 is 1.92 bits per heavy atom. The van der Waals surface area contributed by atoms with E-state index in [0.29, 0.717) is 0 Å². The molecule has 2 aromatic rings. The van der Waals surface area contributed by atoms with Crippen molar-refractivity contribution in [1.82, 2.24) is 14.9 Å². The second-order valence-electron chi connectivity index (χ2n) is 11.1. The number of unbranched alkanes of at least 4 members (excludes halogenated alkanes) is 17. The maximum Gasteiger partial charge on any atom is 0.245 e. The molecule has 0 aliphatic heterocycles. The molecule has 1 heterocycles. The van der Waals surface area contributed by atoms with Crippen LogP contribution in [0.1, 0.15) is 135 Å². The number of para-hydroxylation sites is 2. The number of nitrogens with zero attached hydrogens (tertiary/aromatic N) is 2. The third-order valence-corrected chi connectivity index (χ3v) is 7.64. The molecule has 1 amide bonds. The molecule has 5 nitrogen and oxygen atoms in total. The van der Waals surface area contributed by atoms with Gasteiger partial charge < -0.3 is 14.6 Å². The number of ether oxygens (including phenoxy) is 1. The molecule has 0 saturated heterocycles. The molecule has 38 heavy (non-hydrogen) atoms.